The number of nitrogens with zero attached hydrogens (tertiary/aromatic N) is 2. The molecule has 2 heterocycles. The summed E-state index contributed by atoms with van der Waals surface area (Å²) in [7, 11) is 0. The Morgan fingerprint density at radius 1 is 1.27 bits per heavy atom. The van der Waals surface area contributed by atoms with Gasteiger partial charge in [-0.2, -0.15) is 5.10 Å². The first kappa shape index (κ1) is 16.2. The maximum atomic E-state index is 13.3. The molecule has 1 spiro atoms. The highest BCUT2D eigenvalue weighted by molar-refractivity contribution is 5.62. The molecule has 26 heavy (non-hydrogen) atoms. The summed E-state index contributed by atoms with van der Waals surface area (Å²) in [4.78, 5) is 0. The molecular formula is C21H23FN2O2. The zero-order valence-corrected chi connectivity index (χ0v) is 14.9. The number of fused-ring (bicyclic) bond motifs is 3. The van der Waals surface area contributed by atoms with Crippen LogP contribution in [0.4, 0.5) is 4.39 Å². The van der Waals surface area contributed by atoms with Gasteiger partial charge in [0.15, 0.2) is 6.29 Å². The van der Waals surface area contributed by atoms with Gasteiger partial charge in [-0.3, -0.25) is 0 Å². The Morgan fingerprint density at radius 3 is 2.81 bits per heavy atom. The van der Waals surface area contributed by atoms with Crippen LogP contribution in [-0.4, -0.2) is 26.8 Å². The molecule has 3 aliphatic rings. The van der Waals surface area contributed by atoms with E-state index in [-0.39, 0.29) is 16.8 Å². The smallest absolute Gasteiger partial charge is 0.155 e. The molecule has 0 bridgehead atoms. The highest BCUT2D eigenvalue weighted by atomic mass is 19.1. The van der Waals surface area contributed by atoms with E-state index >= 15 is 0 Å². The molecule has 2 fully saturated rings. The van der Waals surface area contributed by atoms with Crippen molar-refractivity contribution in [3.8, 4) is 5.69 Å². The fourth-order valence-electron chi connectivity index (χ4n) is 5.26. The van der Waals surface area contributed by atoms with Crippen molar-refractivity contribution >= 4 is 6.08 Å². The summed E-state index contributed by atoms with van der Waals surface area (Å²) in [6.45, 7) is 2.29. The summed E-state index contributed by atoms with van der Waals surface area (Å²) >= 11 is 0. The molecule has 4 nitrogen and oxygen atoms in total. The molecule has 1 N–H and O–H groups in total. The third-order valence-electron chi connectivity index (χ3n) is 6.71. The van der Waals surface area contributed by atoms with Crippen molar-refractivity contribution in [3.05, 3.63) is 53.1 Å². The first-order valence-electron chi connectivity index (χ1n) is 9.41. The van der Waals surface area contributed by atoms with E-state index in [1.54, 1.807) is 12.1 Å². The number of rotatable bonds is 1. The van der Waals surface area contributed by atoms with Crippen LogP contribution >= 0.6 is 0 Å². The van der Waals surface area contributed by atoms with Crippen LogP contribution in [0.1, 0.15) is 50.3 Å². The van der Waals surface area contributed by atoms with Crippen molar-refractivity contribution in [3.63, 3.8) is 0 Å². The Bertz CT molecular complexity index is 884. The lowest BCUT2D eigenvalue weighted by Gasteiger charge is -2.52. The average Bonchev–Trinajstić information content (AvgIpc) is 3.19. The molecule has 5 rings (SSSR count). The second-order valence-electron chi connectivity index (χ2n) is 8.08. The summed E-state index contributed by atoms with van der Waals surface area (Å²) in [6.07, 6.45) is 9.14. The fourth-order valence-corrected chi connectivity index (χ4v) is 5.26. The van der Waals surface area contributed by atoms with Crippen LogP contribution < -0.4 is 0 Å². The molecule has 0 radical (unpaired) electrons. The lowest BCUT2D eigenvalue weighted by atomic mass is 9.56. The Balaban J connectivity index is 1.59. The molecule has 1 aromatic heterocycles. The number of aromatic nitrogens is 2. The Labute approximate surface area is 152 Å². The largest absolute Gasteiger partial charge is 0.368 e. The van der Waals surface area contributed by atoms with Crippen LogP contribution in [-0.2, 0) is 11.2 Å². The lowest BCUT2D eigenvalue weighted by molar-refractivity contribution is -0.184. The Kier molecular flexibility index (Phi) is 3.43. The van der Waals surface area contributed by atoms with Crippen molar-refractivity contribution in [2.75, 3.05) is 0 Å². The number of ether oxygens (including phenoxy) is 1. The van der Waals surface area contributed by atoms with Crippen molar-refractivity contribution in [2.45, 2.75) is 57.3 Å². The van der Waals surface area contributed by atoms with Crippen molar-refractivity contribution in [1.29, 1.82) is 0 Å². The minimum atomic E-state index is -0.644. The maximum absolute atomic E-state index is 13.3. The third-order valence-corrected chi connectivity index (χ3v) is 6.71. The molecule has 2 aromatic rings. The summed E-state index contributed by atoms with van der Waals surface area (Å²) in [5.74, 6) is -0.244. The van der Waals surface area contributed by atoms with Crippen LogP contribution in [0.5, 0.6) is 0 Å². The Hall–Kier alpha value is -1.98. The fraction of sp³-hybridized carbons (Fsp3) is 0.476. The summed E-state index contributed by atoms with van der Waals surface area (Å²) < 4.78 is 21.3. The minimum Gasteiger partial charge on any atom is -0.368 e. The Morgan fingerprint density at radius 2 is 2.08 bits per heavy atom. The van der Waals surface area contributed by atoms with E-state index in [1.807, 2.05) is 10.9 Å². The summed E-state index contributed by atoms with van der Waals surface area (Å²) in [6, 6.07) is 6.45. The van der Waals surface area contributed by atoms with Crippen LogP contribution in [0.2, 0.25) is 0 Å². The highest BCUT2D eigenvalue weighted by Gasteiger charge is 2.57. The van der Waals surface area contributed by atoms with Crippen LogP contribution in [0.15, 0.2) is 36.0 Å². The number of hydrogen-bond donors (Lipinski definition) is 1. The predicted octanol–water partition coefficient (Wildman–Crippen LogP) is 4.01. The van der Waals surface area contributed by atoms with Gasteiger partial charge < -0.3 is 9.84 Å². The molecule has 1 aromatic carbocycles. The van der Waals surface area contributed by atoms with Gasteiger partial charge in [0.2, 0.25) is 0 Å². The van der Waals surface area contributed by atoms with E-state index in [2.05, 4.69) is 18.1 Å². The molecule has 2 aliphatic carbocycles. The molecule has 1 unspecified atom stereocenters. The van der Waals surface area contributed by atoms with E-state index in [9.17, 15) is 9.50 Å². The standard InChI is InChI=1S/C21H23FN2O2/c1-20-12-14-13-23-24(17-6-4-16(22)5-7-17)18(14)11-15(20)3-2-9-21(20)10-8-19(25)26-21/h4-7,11,13,19,25H,2-3,8-10,12H2,1H3/t19?,20-,21+/m0/s1. The van der Waals surface area contributed by atoms with Gasteiger partial charge in [0.25, 0.3) is 0 Å². The molecule has 1 aliphatic heterocycles. The van der Waals surface area contributed by atoms with Crippen LogP contribution in [0.3, 0.4) is 0 Å². The average molecular weight is 354 g/mol. The van der Waals surface area contributed by atoms with E-state index in [4.69, 9.17) is 4.74 Å². The maximum Gasteiger partial charge on any atom is 0.155 e. The van der Waals surface area contributed by atoms with Gasteiger partial charge in [-0.05, 0) is 68.0 Å². The molecule has 1 saturated carbocycles. The van der Waals surface area contributed by atoms with Crippen molar-refractivity contribution < 1.29 is 14.2 Å². The first-order chi connectivity index (χ1) is 12.5. The predicted molar refractivity (Wildman–Crippen MR) is 96.2 cm³/mol. The van der Waals surface area contributed by atoms with E-state index in [0.717, 1.165) is 43.5 Å². The molecule has 5 heteroatoms. The van der Waals surface area contributed by atoms with Crippen LogP contribution in [0, 0.1) is 11.2 Å². The molecular weight excluding hydrogens is 331 g/mol. The second-order valence-corrected chi connectivity index (χ2v) is 8.08. The number of aliphatic hydroxyl groups excluding tert-OH is 1. The molecule has 3 atom stereocenters. The highest BCUT2D eigenvalue weighted by Crippen LogP contribution is 2.58. The lowest BCUT2D eigenvalue weighted by Crippen LogP contribution is -2.52. The summed E-state index contributed by atoms with van der Waals surface area (Å²) in [5.41, 5.74) is 4.14. The van der Waals surface area contributed by atoms with Crippen LogP contribution in [0.25, 0.3) is 11.8 Å². The zero-order valence-electron chi connectivity index (χ0n) is 14.9. The van der Waals surface area contributed by atoms with Gasteiger partial charge in [-0.25, -0.2) is 9.07 Å². The van der Waals surface area contributed by atoms with Gasteiger partial charge in [0, 0.05) is 11.8 Å². The zero-order chi connectivity index (χ0) is 17.9. The van der Waals surface area contributed by atoms with Crippen molar-refractivity contribution in [1.82, 2.24) is 9.78 Å². The van der Waals surface area contributed by atoms with E-state index in [0.29, 0.717) is 6.42 Å². The number of aliphatic hydroxyl groups is 1. The van der Waals surface area contributed by atoms with E-state index in [1.165, 1.54) is 23.3 Å². The second kappa shape index (κ2) is 5.51. The SMILES string of the molecule is C[C@]12Cc3cnn(-c4ccc(F)cc4)c3C=C1CCC[C@@]21CCC(O)O1. The summed E-state index contributed by atoms with van der Waals surface area (Å²) in [5, 5.41) is 14.6. The third kappa shape index (κ3) is 2.17. The van der Waals surface area contributed by atoms with Gasteiger partial charge in [0.1, 0.15) is 5.82 Å². The molecule has 136 valence electrons. The topological polar surface area (TPSA) is 47.3 Å². The van der Waals surface area contributed by atoms with Crippen molar-refractivity contribution in [2.24, 2.45) is 5.41 Å². The van der Waals surface area contributed by atoms with E-state index < -0.39 is 6.29 Å². The van der Waals surface area contributed by atoms with Gasteiger partial charge in [-0.15, -0.1) is 0 Å². The molecule has 1 saturated heterocycles. The minimum absolute atomic E-state index is 0.105. The number of hydrogen-bond acceptors (Lipinski definition) is 3. The monoisotopic (exact) mass is 354 g/mol. The molecule has 0 amide bonds. The number of halogens is 1. The normalized spacial score (nSPS) is 33.0. The first-order valence-corrected chi connectivity index (χ1v) is 9.41. The van der Waals surface area contributed by atoms with Gasteiger partial charge >= 0.3 is 0 Å². The van der Waals surface area contributed by atoms with Gasteiger partial charge in [-0.1, -0.05) is 12.5 Å². The van der Waals surface area contributed by atoms with Gasteiger partial charge in [0.05, 0.1) is 23.2 Å². The quantitative estimate of drug-likeness (QED) is 0.842. The number of benzene rings is 1.